The Bertz CT molecular complexity index is 508. The monoisotopic (exact) mass is 276 g/mol. The van der Waals surface area contributed by atoms with E-state index in [4.69, 9.17) is 10.8 Å². The van der Waals surface area contributed by atoms with Crippen molar-refractivity contribution in [2.45, 2.75) is 44.1 Å². The number of carbonyl (C=O) groups excluding carboxylic acids is 1. The lowest BCUT2D eigenvalue weighted by molar-refractivity contribution is -0.136. The van der Waals surface area contributed by atoms with Gasteiger partial charge in [-0.1, -0.05) is 31.0 Å². The first kappa shape index (κ1) is 14.5. The van der Waals surface area contributed by atoms with Gasteiger partial charge in [-0.2, -0.15) is 0 Å². The van der Waals surface area contributed by atoms with Gasteiger partial charge in [0.1, 0.15) is 0 Å². The number of anilines is 1. The number of benzene rings is 1. The van der Waals surface area contributed by atoms with Crippen LogP contribution < -0.4 is 11.1 Å². The summed E-state index contributed by atoms with van der Waals surface area (Å²) in [6.45, 7) is 0. The number of carboxylic acids is 1. The topological polar surface area (TPSA) is 92.4 Å². The van der Waals surface area contributed by atoms with E-state index in [1.54, 1.807) is 24.3 Å². The molecule has 0 aromatic heterocycles. The van der Waals surface area contributed by atoms with Crippen molar-refractivity contribution in [2.24, 2.45) is 5.73 Å². The average Bonchev–Trinajstić information content (AvgIpc) is 2.77. The Kier molecular flexibility index (Phi) is 4.39. The van der Waals surface area contributed by atoms with Crippen LogP contribution in [-0.4, -0.2) is 22.5 Å². The normalized spacial score (nSPS) is 16.9. The van der Waals surface area contributed by atoms with Crippen molar-refractivity contribution in [3.8, 4) is 0 Å². The van der Waals surface area contributed by atoms with Crippen LogP contribution in [-0.2, 0) is 16.0 Å². The molecule has 0 atom stereocenters. The van der Waals surface area contributed by atoms with Gasteiger partial charge in [-0.05, 0) is 24.5 Å². The van der Waals surface area contributed by atoms with Crippen LogP contribution in [0.25, 0.3) is 0 Å². The maximum atomic E-state index is 12.1. The molecule has 0 radical (unpaired) electrons. The largest absolute Gasteiger partial charge is 0.481 e. The van der Waals surface area contributed by atoms with Gasteiger partial charge in [0.2, 0.25) is 5.91 Å². The fourth-order valence-corrected chi connectivity index (χ4v) is 2.73. The number of amides is 1. The number of hydrogen-bond acceptors (Lipinski definition) is 3. The van der Waals surface area contributed by atoms with Gasteiger partial charge in [-0.3, -0.25) is 9.59 Å². The molecule has 0 bridgehead atoms. The highest BCUT2D eigenvalue weighted by Crippen LogP contribution is 2.30. The molecular formula is C15H20N2O3. The molecule has 1 fully saturated rings. The maximum absolute atomic E-state index is 12.1. The number of carbonyl (C=O) groups is 2. The number of hydrogen-bond donors (Lipinski definition) is 3. The van der Waals surface area contributed by atoms with Crippen molar-refractivity contribution >= 4 is 17.6 Å². The summed E-state index contributed by atoms with van der Waals surface area (Å²) in [6.07, 6.45) is 4.06. The van der Waals surface area contributed by atoms with Crippen LogP contribution in [0.3, 0.4) is 0 Å². The second-order valence-corrected chi connectivity index (χ2v) is 5.52. The first-order chi connectivity index (χ1) is 9.48. The molecule has 0 heterocycles. The zero-order valence-corrected chi connectivity index (χ0v) is 11.4. The number of nitrogens with one attached hydrogen (secondary N) is 1. The molecule has 0 saturated heterocycles. The first-order valence-corrected chi connectivity index (χ1v) is 6.87. The minimum Gasteiger partial charge on any atom is -0.481 e. The molecular weight excluding hydrogens is 256 g/mol. The Hall–Kier alpha value is -1.88. The Morgan fingerprint density at radius 1 is 1.25 bits per heavy atom. The minimum absolute atomic E-state index is 0.107. The highest BCUT2D eigenvalue weighted by atomic mass is 16.4. The van der Waals surface area contributed by atoms with Gasteiger partial charge in [0, 0.05) is 17.6 Å². The molecule has 1 aromatic carbocycles. The van der Waals surface area contributed by atoms with Crippen LogP contribution in [0.5, 0.6) is 0 Å². The summed E-state index contributed by atoms with van der Waals surface area (Å²) in [5.41, 5.74) is 6.94. The fraction of sp³-hybridized carbons (Fsp3) is 0.467. The lowest BCUT2D eigenvalue weighted by Crippen LogP contribution is -2.40. The van der Waals surface area contributed by atoms with Crippen molar-refractivity contribution in [1.29, 1.82) is 0 Å². The van der Waals surface area contributed by atoms with E-state index < -0.39 is 11.5 Å². The maximum Gasteiger partial charge on any atom is 0.307 e. The van der Waals surface area contributed by atoms with Crippen LogP contribution in [0.4, 0.5) is 5.69 Å². The van der Waals surface area contributed by atoms with E-state index in [2.05, 4.69) is 5.32 Å². The number of rotatable bonds is 5. The Balaban J connectivity index is 2.02. The molecule has 0 spiro atoms. The Morgan fingerprint density at radius 3 is 2.55 bits per heavy atom. The van der Waals surface area contributed by atoms with E-state index in [9.17, 15) is 9.59 Å². The smallest absolute Gasteiger partial charge is 0.307 e. The van der Waals surface area contributed by atoms with Gasteiger partial charge in [0.25, 0.3) is 0 Å². The van der Waals surface area contributed by atoms with Gasteiger partial charge >= 0.3 is 5.97 Å². The van der Waals surface area contributed by atoms with E-state index in [0.717, 1.165) is 25.7 Å². The summed E-state index contributed by atoms with van der Waals surface area (Å²) in [5.74, 6) is -1.06. The van der Waals surface area contributed by atoms with Gasteiger partial charge in [0.05, 0.1) is 6.42 Å². The van der Waals surface area contributed by atoms with E-state index in [-0.39, 0.29) is 18.7 Å². The number of aliphatic carboxylic acids is 1. The summed E-state index contributed by atoms with van der Waals surface area (Å²) < 4.78 is 0. The van der Waals surface area contributed by atoms with Crippen molar-refractivity contribution in [2.75, 3.05) is 5.32 Å². The van der Waals surface area contributed by atoms with Gasteiger partial charge in [-0.25, -0.2) is 0 Å². The highest BCUT2D eigenvalue weighted by molar-refractivity contribution is 5.93. The predicted molar refractivity (Wildman–Crippen MR) is 76.4 cm³/mol. The van der Waals surface area contributed by atoms with Crippen LogP contribution >= 0.6 is 0 Å². The SMILES string of the molecule is NC1(CC(=O)Nc2ccccc2CC(=O)O)CCCC1. The predicted octanol–water partition coefficient (Wildman–Crippen LogP) is 1.91. The van der Waals surface area contributed by atoms with E-state index >= 15 is 0 Å². The summed E-state index contributed by atoms with van der Waals surface area (Å²) in [4.78, 5) is 22.9. The van der Waals surface area contributed by atoms with Gasteiger partial charge in [0.15, 0.2) is 0 Å². The molecule has 5 nitrogen and oxygen atoms in total. The molecule has 0 aliphatic heterocycles. The average molecular weight is 276 g/mol. The molecule has 5 heteroatoms. The van der Waals surface area contributed by atoms with Gasteiger partial charge in [-0.15, -0.1) is 0 Å². The third kappa shape index (κ3) is 3.81. The number of nitrogens with two attached hydrogens (primary N) is 1. The molecule has 1 amide bonds. The van der Waals surface area contributed by atoms with Crippen LogP contribution in [0, 0.1) is 0 Å². The zero-order valence-electron chi connectivity index (χ0n) is 11.4. The molecule has 1 aliphatic rings. The number of carboxylic acid groups (broad SMARTS) is 1. The lowest BCUT2D eigenvalue weighted by atomic mass is 9.94. The first-order valence-electron chi connectivity index (χ1n) is 6.87. The second-order valence-electron chi connectivity index (χ2n) is 5.52. The van der Waals surface area contributed by atoms with Crippen LogP contribution in [0.2, 0.25) is 0 Å². The second kappa shape index (κ2) is 6.05. The fourth-order valence-electron chi connectivity index (χ4n) is 2.73. The summed E-state index contributed by atoms with van der Waals surface area (Å²) in [5, 5.41) is 11.6. The third-order valence-corrected chi connectivity index (χ3v) is 3.75. The molecule has 1 aliphatic carbocycles. The quantitative estimate of drug-likeness (QED) is 0.766. The summed E-state index contributed by atoms with van der Waals surface area (Å²) in [7, 11) is 0. The highest BCUT2D eigenvalue weighted by Gasteiger charge is 2.31. The van der Waals surface area contributed by atoms with Crippen molar-refractivity contribution in [3.63, 3.8) is 0 Å². The standard InChI is InChI=1S/C15H20N2O3/c16-15(7-3-4-8-15)10-13(18)17-12-6-2-1-5-11(12)9-14(19)20/h1-2,5-6H,3-4,7-10,16H2,(H,17,18)(H,19,20). The molecule has 1 saturated carbocycles. The third-order valence-electron chi connectivity index (χ3n) is 3.75. The van der Waals surface area contributed by atoms with Crippen molar-refractivity contribution < 1.29 is 14.7 Å². The van der Waals surface area contributed by atoms with E-state index in [1.165, 1.54) is 0 Å². The molecule has 4 N–H and O–H groups in total. The van der Waals surface area contributed by atoms with Crippen LogP contribution in [0.1, 0.15) is 37.7 Å². The number of para-hydroxylation sites is 1. The van der Waals surface area contributed by atoms with Crippen LogP contribution in [0.15, 0.2) is 24.3 Å². The summed E-state index contributed by atoms with van der Waals surface area (Å²) >= 11 is 0. The zero-order chi connectivity index (χ0) is 14.6. The molecule has 108 valence electrons. The molecule has 2 rings (SSSR count). The molecule has 1 aromatic rings. The Labute approximate surface area is 118 Å². The van der Waals surface area contributed by atoms with E-state index in [0.29, 0.717) is 11.3 Å². The Morgan fingerprint density at radius 2 is 1.90 bits per heavy atom. The van der Waals surface area contributed by atoms with Crippen molar-refractivity contribution in [1.82, 2.24) is 0 Å². The van der Waals surface area contributed by atoms with E-state index in [1.807, 2.05) is 0 Å². The van der Waals surface area contributed by atoms with Crippen molar-refractivity contribution in [3.05, 3.63) is 29.8 Å². The minimum atomic E-state index is -0.919. The summed E-state index contributed by atoms with van der Waals surface area (Å²) in [6, 6.07) is 6.95. The molecule has 0 unspecified atom stereocenters. The van der Waals surface area contributed by atoms with Gasteiger partial charge < -0.3 is 16.2 Å². The lowest BCUT2D eigenvalue weighted by Gasteiger charge is -2.22. The molecule has 20 heavy (non-hydrogen) atoms.